The van der Waals surface area contributed by atoms with Crippen LogP contribution in [0.5, 0.6) is 0 Å². The van der Waals surface area contributed by atoms with Gasteiger partial charge in [0.25, 0.3) is 0 Å². The largest absolute Gasteiger partial charge is 0.417 e. The second kappa shape index (κ2) is 9.59. The van der Waals surface area contributed by atoms with Crippen LogP contribution in [0.4, 0.5) is 22.0 Å². The van der Waals surface area contributed by atoms with E-state index in [4.69, 9.17) is 4.52 Å². The number of thiazole rings is 1. The van der Waals surface area contributed by atoms with E-state index in [1.165, 1.54) is 52.7 Å². The molecule has 0 atom stereocenters. The van der Waals surface area contributed by atoms with Gasteiger partial charge in [0, 0.05) is 11.6 Å². The summed E-state index contributed by atoms with van der Waals surface area (Å²) in [6, 6.07) is 9.21. The van der Waals surface area contributed by atoms with Crippen molar-refractivity contribution in [1.29, 1.82) is 0 Å². The maximum atomic E-state index is 14.2. The van der Waals surface area contributed by atoms with Crippen LogP contribution in [0, 0.1) is 25.5 Å². The van der Waals surface area contributed by atoms with Crippen LogP contribution < -0.4 is 0 Å². The Bertz CT molecular complexity index is 1840. The van der Waals surface area contributed by atoms with Crippen molar-refractivity contribution in [2.75, 3.05) is 0 Å². The molecule has 2 aliphatic rings. The molecule has 4 heterocycles. The van der Waals surface area contributed by atoms with Gasteiger partial charge in [-0.15, -0.1) is 11.3 Å². The minimum Gasteiger partial charge on any atom is -0.359 e. The first kappa shape index (κ1) is 25.7. The normalized spacial score (nSPS) is 12.0. The molecule has 2 aliphatic heterocycles. The van der Waals surface area contributed by atoms with Crippen LogP contribution in [0.1, 0.15) is 22.0 Å². The molecule has 0 N–H and O–H groups in total. The number of benzene rings is 2. The lowest BCUT2D eigenvalue weighted by atomic mass is 9.99. The Morgan fingerprint density at radius 2 is 1.73 bits per heavy atom. The standard InChI is InChI=1S/C27H17F5N6OS/c1-13-25(40-14(2)34-13)15-6-7-17(19(8-15)27(30,31)32)21-9-16(39-37-21)11-38-12-23-22(10-33-38)35-26(36-23)18-4-3-5-20(28)24(18)29/h3-10,12H,11H2,1-2H3. The smallest absolute Gasteiger partial charge is 0.359 e. The molecule has 2 aromatic heterocycles. The van der Waals surface area contributed by atoms with E-state index in [1.807, 2.05) is 0 Å². The summed E-state index contributed by atoms with van der Waals surface area (Å²) in [4.78, 5) is 13.5. The highest BCUT2D eigenvalue weighted by Crippen LogP contribution is 2.41. The number of alkyl halides is 3. The van der Waals surface area contributed by atoms with E-state index in [9.17, 15) is 22.0 Å². The van der Waals surface area contributed by atoms with E-state index in [-0.39, 0.29) is 35.0 Å². The van der Waals surface area contributed by atoms with Gasteiger partial charge >= 0.3 is 6.18 Å². The van der Waals surface area contributed by atoms with Crippen molar-refractivity contribution in [2.24, 2.45) is 0 Å². The lowest BCUT2D eigenvalue weighted by Crippen LogP contribution is -2.07. The highest BCUT2D eigenvalue weighted by Gasteiger charge is 2.35. The van der Waals surface area contributed by atoms with Gasteiger partial charge in [0.15, 0.2) is 23.2 Å². The number of imidazole rings is 1. The van der Waals surface area contributed by atoms with E-state index < -0.39 is 23.4 Å². The first-order valence-electron chi connectivity index (χ1n) is 11.8. The van der Waals surface area contributed by atoms with Gasteiger partial charge in [0.05, 0.1) is 39.1 Å². The highest BCUT2D eigenvalue weighted by molar-refractivity contribution is 7.15. The first-order valence-corrected chi connectivity index (χ1v) is 12.6. The summed E-state index contributed by atoms with van der Waals surface area (Å²) >= 11 is 1.33. The summed E-state index contributed by atoms with van der Waals surface area (Å²) in [5.41, 5.74) is 0.764. The van der Waals surface area contributed by atoms with Crippen LogP contribution in [-0.4, -0.2) is 29.9 Å². The Kier molecular flexibility index (Phi) is 6.17. The number of rotatable bonds is 5. The second-order valence-electron chi connectivity index (χ2n) is 8.97. The van der Waals surface area contributed by atoms with Crippen LogP contribution in [0.25, 0.3) is 44.5 Å². The van der Waals surface area contributed by atoms with Gasteiger partial charge in [-0.25, -0.2) is 23.7 Å². The number of aryl methyl sites for hydroxylation is 2. The van der Waals surface area contributed by atoms with E-state index in [0.29, 0.717) is 27.5 Å². The van der Waals surface area contributed by atoms with Crippen LogP contribution in [-0.2, 0) is 12.7 Å². The van der Waals surface area contributed by atoms with Crippen molar-refractivity contribution in [1.82, 2.24) is 29.9 Å². The number of aromatic nitrogens is 6. The molecule has 0 spiro atoms. The molecular weight excluding hydrogens is 551 g/mol. The molecule has 6 rings (SSSR count). The third kappa shape index (κ3) is 4.72. The van der Waals surface area contributed by atoms with Crippen LogP contribution >= 0.6 is 11.3 Å². The van der Waals surface area contributed by atoms with Crippen molar-refractivity contribution in [3.05, 3.63) is 88.5 Å². The first-order chi connectivity index (χ1) is 19.1. The SMILES string of the molecule is Cc1nc(C)c(-c2ccc(-c3cc(Cn4cc5nc(-c6cccc(F)c6F)nc-5cn4)on3)c(C(F)(F)F)c2)s1. The van der Waals surface area contributed by atoms with Crippen molar-refractivity contribution < 1.29 is 26.5 Å². The van der Waals surface area contributed by atoms with E-state index in [2.05, 4.69) is 25.2 Å². The molecule has 202 valence electrons. The lowest BCUT2D eigenvalue weighted by Gasteiger charge is -2.13. The topological polar surface area (TPSA) is 82.5 Å². The molecule has 40 heavy (non-hydrogen) atoms. The number of hydrogen-bond acceptors (Lipinski definition) is 7. The van der Waals surface area contributed by atoms with Crippen molar-refractivity contribution in [3.63, 3.8) is 0 Å². The van der Waals surface area contributed by atoms with Crippen molar-refractivity contribution >= 4 is 11.3 Å². The Balaban J connectivity index is 1.29. The minimum absolute atomic E-state index is 0.000289. The summed E-state index contributed by atoms with van der Waals surface area (Å²) in [6.45, 7) is 3.59. The Morgan fingerprint density at radius 1 is 0.925 bits per heavy atom. The van der Waals surface area contributed by atoms with Gasteiger partial charge in [-0.2, -0.15) is 18.3 Å². The van der Waals surface area contributed by atoms with Gasteiger partial charge < -0.3 is 4.52 Å². The molecule has 4 aromatic rings. The Morgan fingerprint density at radius 3 is 2.48 bits per heavy atom. The highest BCUT2D eigenvalue weighted by atomic mass is 32.1. The third-order valence-corrected chi connectivity index (χ3v) is 7.27. The minimum atomic E-state index is -4.63. The van der Waals surface area contributed by atoms with Crippen molar-refractivity contribution in [2.45, 2.75) is 26.6 Å². The zero-order valence-corrected chi connectivity index (χ0v) is 21.6. The van der Waals surface area contributed by atoms with E-state index >= 15 is 0 Å². The van der Waals surface area contributed by atoms with Gasteiger partial charge in [-0.1, -0.05) is 23.4 Å². The summed E-state index contributed by atoms with van der Waals surface area (Å²) in [5, 5.41) is 8.86. The predicted octanol–water partition coefficient (Wildman–Crippen LogP) is 7.19. The van der Waals surface area contributed by atoms with Crippen LogP contribution in [0.2, 0.25) is 0 Å². The maximum absolute atomic E-state index is 14.2. The van der Waals surface area contributed by atoms with Crippen molar-refractivity contribution in [3.8, 4) is 44.5 Å². The third-order valence-electron chi connectivity index (χ3n) is 6.15. The molecule has 2 aromatic carbocycles. The number of nitrogens with zero attached hydrogens (tertiary/aromatic N) is 6. The Hall–Kier alpha value is -4.52. The molecule has 0 saturated heterocycles. The molecule has 0 radical (unpaired) electrons. The fourth-order valence-corrected chi connectivity index (χ4v) is 5.28. The van der Waals surface area contributed by atoms with Gasteiger partial charge in [-0.3, -0.25) is 4.68 Å². The molecule has 0 aliphatic carbocycles. The molecule has 7 nitrogen and oxygen atoms in total. The van der Waals surface area contributed by atoms with Crippen LogP contribution in [0.15, 0.2) is 59.4 Å². The molecule has 0 bridgehead atoms. The summed E-state index contributed by atoms with van der Waals surface area (Å²) in [7, 11) is 0. The molecular formula is C27H17F5N6OS. The van der Waals surface area contributed by atoms with Gasteiger partial charge in [0.1, 0.15) is 23.6 Å². The number of fused-ring (bicyclic) bond motifs is 1. The van der Waals surface area contributed by atoms with E-state index in [1.54, 1.807) is 19.9 Å². The molecule has 0 saturated carbocycles. The number of hydrogen-bond donors (Lipinski definition) is 0. The Labute approximate surface area is 227 Å². The molecule has 0 amide bonds. The van der Waals surface area contributed by atoms with E-state index in [0.717, 1.165) is 17.1 Å². The second-order valence-corrected chi connectivity index (χ2v) is 10.2. The monoisotopic (exact) mass is 568 g/mol. The average molecular weight is 569 g/mol. The molecule has 13 heteroatoms. The zero-order valence-electron chi connectivity index (χ0n) is 20.8. The summed E-state index contributed by atoms with van der Waals surface area (Å²) in [6.07, 6.45) is -1.72. The molecule has 0 fully saturated rings. The average Bonchev–Trinajstić information content (AvgIpc) is 3.63. The maximum Gasteiger partial charge on any atom is 0.417 e. The summed E-state index contributed by atoms with van der Waals surface area (Å²) in [5.74, 6) is -1.83. The van der Waals surface area contributed by atoms with Gasteiger partial charge in [0.2, 0.25) is 0 Å². The van der Waals surface area contributed by atoms with Crippen LogP contribution in [0.3, 0.4) is 0 Å². The fraction of sp³-hybridized carbons (Fsp3) is 0.148. The summed E-state index contributed by atoms with van der Waals surface area (Å²) < 4.78 is 76.8. The molecule has 0 unspecified atom stereocenters. The quantitative estimate of drug-likeness (QED) is 0.205. The fourth-order valence-electron chi connectivity index (χ4n) is 4.36. The van der Waals surface area contributed by atoms with Gasteiger partial charge in [-0.05, 0) is 37.6 Å². The zero-order chi connectivity index (χ0) is 28.2. The predicted molar refractivity (Wildman–Crippen MR) is 136 cm³/mol. The number of halogens is 5. The lowest BCUT2D eigenvalue weighted by molar-refractivity contribution is -0.137.